The monoisotopic (exact) mass is 804 g/mol. The smallest absolute Gasteiger partial charge is 0.397 e. The highest BCUT2D eigenvalue weighted by Crippen LogP contribution is 2.41. The minimum atomic E-state index is -5.18. The van der Waals surface area contributed by atoms with Gasteiger partial charge in [-0.05, 0) is 36.4 Å². The first-order chi connectivity index (χ1) is 22.9. The van der Waals surface area contributed by atoms with Crippen LogP contribution in [-0.2, 0) is 59.0 Å². The van der Waals surface area contributed by atoms with Crippen LogP contribution in [-0.4, -0.2) is 97.8 Å². The molecular weight excluding hydrogens is 781 g/mol. The van der Waals surface area contributed by atoms with Gasteiger partial charge in [0.15, 0.2) is 19.7 Å². The van der Waals surface area contributed by atoms with Crippen LogP contribution in [0.1, 0.15) is 0 Å². The van der Waals surface area contributed by atoms with Crippen molar-refractivity contribution < 1.29 is 79.1 Å². The van der Waals surface area contributed by atoms with E-state index >= 15 is 0 Å². The van der Waals surface area contributed by atoms with Crippen molar-refractivity contribution in [1.29, 1.82) is 0 Å². The Morgan fingerprint density at radius 3 is 1.46 bits per heavy atom. The molecule has 274 valence electrons. The van der Waals surface area contributed by atoms with Crippen molar-refractivity contribution in [3.63, 3.8) is 0 Å². The largest absolute Gasteiger partial charge is 0.505 e. The lowest BCUT2D eigenvalue weighted by Gasteiger charge is -2.08. The number of sulfone groups is 2. The molecule has 0 aliphatic rings. The fourth-order valence-corrected chi connectivity index (χ4v) is 7.32. The van der Waals surface area contributed by atoms with Gasteiger partial charge in [0.25, 0.3) is 10.1 Å². The van der Waals surface area contributed by atoms with E-state index in [4.69, 9.17) is 13.8 Å². The lowest BCUT2D eigenvalue weighted by Crippen LogP contribution is -2.16. The Hall–Kier alpha value is -4.19. The van der Waals surface area contributed by atoms with Gasteiger partial charge in [-0.2, -0.15) is 25.3 Å². The molecule has 22 nitrogen and oxygen atoms in total. The number of nitrogens with zero attached hydrogens (tertiary/aromatic N) is 4. The van der Waals surface area contributed by atoms with E-state index in [0.29, 0.717) is 6.07 Å². The molecule has 27 heteroatoms. The molecule has 0 saturated carbocycles. The van der Waals surface area contributed by atoms with Crippen LogP contribution in [0.3, 0.4) is 0 Å². The fourth-order valence-electron chi connectivity index (χ4n) is 3.58. The summed E-state index contributed by atoms with van der Waals surface area (Å²) < 4.78 is 157. The van der Waals surface area contributed by atoms with Crippen LogP contribution >= 0.6 is 0 Å². The number of rotatable bonds is 16. The number of phenolic OH excluding ortho intramolecular Hbond substituents is 2. The van der Waals surface area contributed by atoms with Crippen molar-refractivity contribution in [2.75, 3.05) is 31.8 Å². The average Bonchev–Trinajstić information content (AvgIpc) is 2.97. The van der Waals surface area contributed by atoms with E-state index in [1.54, 1.807) is 0 Å². The number of ether oxygens (including phenoxy) is 1. The van der Waals surface area contributed by atoms with Crippen LogP contribution in [0.2, 0.25) is 0 Å². The lowest BCUT2D eigenvalue weighted by atomic mass is 10.2. The van der Waals surface area contributed by atoms with Gasteiger partial charge in [-0.3, -0.25) is 13.7 Å². The zero-order valence-corrected chi connectivity index (χ0v) is 28.9. The third-order valence-corrected chi connectivity index (χ3v) is 11.0. The summed E-state index contributed by atoms with van der Waals surface area (Å²) in [6.45, 7) is -1.94. The quantitative estimate of drug-likeness (QED) is 0.102. The first-order valence-corrected chi connectivity index (χ1v) is 20.3. The van der Waals surface area contributed by atoms with Crippen molar-refractivity contribution in [2.45, 2.75) is 14.7 Å². The Bertz CT molecular complexity index is 2400. The molecule has 5 N–H and O–H groups in total. The average molecular weight is 805 g/mol. The molecule has 0 radical (unpaired) electrons. The highest BCUT2D eigenvalue weighted by Gasteiger charge is 2.23. The molecule has 50 heavy (non-hydrogen) atoms. The number of benzene rings is 3. The topological polar surface area (TPSA) is 349 Å². The zero-order chi connectivity index (χ0) is 37.7. The van der Waals surface area contributed by atoms with Crippen LogP contribution < -0.4 is 4.74 Å². The third-order valence-electron chi connectivity index (χ3n) is 5.85. The van der Waals surface area contributed by atoms with Crippen LogP contribution in [0, 0.1) is 0 Å². The van der Waals surface area contributed by atoms with Gasteiger partial charge in [-0.25, -0.2) is 25.2 Å². The van der Waals surface area contributed by atoms with E-state index in [1.165, 1.54) is 13.2 Å². The minimum absolute atomic E-state index is 0.0192. The maximum absolute atomic E-state index is 12.6. The number of hydrogen-bond donors (Lipinski definition) is 5. The van der Waals surface area contributed by atoms with Gasteiger partial charge < -0.3 is 14.9 Å². The molecule has 3 aromatic carbocycles. The maximum atomic E-state index is 12.6. The van der Waals surface area contributed by atoms with E-state index in [-0.39, 0.29) is 11.4 Å². The van der Waals surface area contributed by atoms with Crippen LogP contribution in [0.15, 0.2) is 83.7 Å². The van der Waals surface area contributed by atoms with Crippen LogP contribution in [0.25, 0.3) is 0 Å². The summed E-state index contributed by atoms with van der Waals surface area (Å²) in [5.74, 6) is -3.35. The molecular formula is C23H24N4O18S5. The second-order valence-corrected chi connectivity index (χ2v) is 17.1. The second kappa shape index (κ2) is 15.4. The third kappa shape index (κ3) is 11.4. The first-order valence-electron chi connectivity index (χ1n) is 12.8. The van der Waals surface area contributed by atoms with E-state index in [0.717, 1.165) is 36.4 Å². The Morgan fingerprint density at radius 2 is 1.00 bits per heavy atom. The first kappa shape index (κ1) is 40.2. The lowest BCUT2D eigenvalue weighted by molar-refractivity contribution is 0.282. The molecule has 0 unspecified atom stereocenters. The summed E-state index contributed by atoms with van der Waals surface area (Å²) in [6, 6.07) is 6.96. The summed E-state index contributed by atoms with van der Waals surface area (Å²) >= 11 is 0. The second-order valence-electron chi connectivity index (χ2n) is 9.31. The summed E-state index contributed by atoms with van der Waals surface area (Å²) in [4.78, 5) is -2.20. The van der Waals surface area contributed by atoms with E-state index in [9.17, 15) is 56.9 Å². The zero-order valence-electron chi connectivity index (χ0n) is 24.8. The van der Waals surface area contributed by atoms with E-state index in [2.05, 4.69) is 28.8 Å². The van der Waals surface area contributed by atoms with Crippen molar-refractivity contribution in [2.24, 2.45) is 20.5 Å². The standard InChI is InChI=1S/C23H24N4O18S5/c1-43-22-5-3-14(46(30,31)8-6-44-49(37,38)39)10-19(22)27-26-18-12-17(20(28)13-21(18)29)25-24-16-4-2-15(11-23(16)48(34,35)36)47(32,33)9-7-45-50(40,41)42/h2-5,10-13,28-29H,6-9H2,1H3,(H,34,35,36)(H,37,38,39)(H,40,41,42)/b25-24+,27-26+. The number of hydrogen-bond acceptors (Lipinski definition) is 19. The minimum Gasteiger partial charge on any atom is -0.505 e. The molecule has 0 spiro atoms. The summed E-state index contributed by atoms with van der Waals surface area (Å²) in [5.41, 5.74) is -1.78. The predicted octanol–water partition coefficient (Wildman–Crippen LogP) is 2.37. The number of methoxy groups -OCH3 is 1. The Balaban J connectivity index is 1.96. The summed E-state index contributed by atoms with van der Waals surface area (Å²) in [5, 5.41) is 35.4. The number of azo groups is 2. The Labute approximate surface area is 284 Å². The Kier molecular flexibility index (Phi) is 12.4. The molecule has 3 rings (SSSR count). The van der Waals surface area contributed by atoms with Crippen molar-refractivity contribution in [3.05, 3.63) is 48.5 Å². The molecule has 0 bridgehead atoms. The molecule has 0 aliphatic carbocycles. The van der Waals surface area contributed by atoms with Crippen molar-refractivity contribution in [3.8, 4) is 17.2 Å². The van der Waals surface area contributed by atoms with Crippen molar-refractivity contribution in [1.82, 2.24) is 0 Å². The fraction of sp³-hybridized carbons (Fsp3) is 0.217. The van der Waals surface area contributed by atoms with Crippen LogP contribution in [0.5, 0.6) is 17.2 Å². The summed E-state index contributed by atoms with van der Waals surface area (Å²) in [7, 11) is -22.5. The van der Waals surface area contributed by atoms with Gasteiger partial charge in [-0.15, -0.1) is 20.5 Å². The van der Waals surface area contributed by atoms with Crippen LogP contribution in [0.4, 0.5) is 22.7 Å². The maximum Gasteiger partial charge on any atom is 0.397 e. The van der Waals surface area contributed by atoms with Crippen molar-refractivity contribution >= 4 is 73.3 Å². The number of phenols is 2. The highest BCUT2D eigenvalue weighted by atomic mass is 32.3. The van der Waals surface area contributed by atoms with Gasteiger partial charge in [0, 0.05) is 12.1 Å². The predicted molar refractivity (Wildman–Crippen MR) is 166 cm³/mol. The molecule has 0 aromatic heterocycles. The Morgan fingerprint density at radius 1 is 0.560 bits per heavy atom. The molecule has 3 aromatic rings. The molecule has 0 saturated heterocycles. The van der Waals surface area contributed by atoms with Gasteiger partial charge >= 0.3 is 20.8 Å². The van der Waals surface area contributed by atoms with Gasteiger partial charge in [0.05, 0.1) is 41.6 Å². The SMILES string of the molecule is COc1ccc(S(=O)(=O)CCOS(=O)(=O)O)cc1/N=N/c1cc(/N=N/c2ccc(S(=O)(=O)CCOS(=O)(=O)O)cc2S(=O)(=O)O)c(O)cc1O. The highest BCUT2D eigenvalue weighted by molar-refractivity contribution is 7.92. The molecule has 0 amide bonds. The molecule has 0 atom stereocenters. The van der Waals surface area contributed by atoms with Gasteiger partial charge in [0.1, 0.15) is 44.9 Å². The molecule has 0 aliphatic heterocycles. The van der Waals surface area contributed by atoms with E-state index < -0.39 is 119 Å². The number of aromatic hydroxyl groups is 2. The van der Waals surface area contributed by atoms with Gasteiger partial charge in [-0.1, -0.05) is 0 Å². The van der Waals surface area contributed by atoms with E-state index in [1.807, 2.05) is 0 Å². The summed E-state index contributed by atoms with van der Waals surface area (Å²) in [6.07, 6.45) is 0. The van der Waals surface area contributed by atoms with Gasteiger partial charge in [0.2, 0.25) is 0 Å². The molecule has 0 heterocycles. The normalized spacial score (nSPS) is 13.3. The molecule has 0 fully saturated rings.